The highest BCUT2D eigenvalue weighted by Gasteiger charge is 2.40. The number of hydrogen-bond donors (Lipinski definition) is 1. The van der Waals surface area contributed by atoms with E-state index in [0.717, 1.165) is 48.4 Å². The second kappa shape index (κ2) is 8.22. The number of ether oxygens (including phenoxy) is 1. The molecule has 2 heterocycles. The van der Waals surface area contributed by atoms with E-state index >= 15 is 0 Å². The number of pyridine rings is 1. The van der Waals surface area contributed by atoms with Crippen molar-refractivity contribution in [3.05, 3.63) is 106 Å². The van der Waals surface area contributed by atoms with Gasteiger partial charge in [-0.1, -0.05) is 67.6 Å². The number of rotatable bonds is 2. The van der Waals surface area contributed by atoms with E-state index in [4.69, 9.17) is 15.5 Å². The minimum Gasteiger partial charge on any atom is -0.438 e. The first-order valence-electron chi connectivity index (χ1n) is 12.2. The number of nitrogen functional groups attached to an aromatic ring is 1. The molecular weight excluding hydrogens is 404 g/mol. The van der Waals surface area contributed by atoms with Crippen LogP contribution in [0.1, 0.15) is 66.5 Å². The zero-order chi connectivity index (χ0) is 22.4. The van der Waals surface area contributed by atoms with Gasteiger partial charge in [-0.3, -0.25) is 0 Å². The molecule has 1 aliphatic heterocycles. The van der Waals surface area contributed by atoms with Gasteiger partial charge >= 0.3 is 0 Å². The first-order chi connectivity index (χ1) is 16.2. The third-order valence-corrected chi connectivity index (χ3v) is 7.52. The highest BCUT2D eigenvalue weighted by molar-refractivity contribution is 5.70. The molecule has 0 spiro atoms. The molecule has 0 radical (unpaired) electrons. The fourth-order valence-corrected chi connectivity index (χ4v) is 5.84. The smallest absolute Gasteiger partial charge is 0.225 e. The fraction of sp³-hybridized carbons (Fsp3) is 0.300. The molecule has 2 atom stereocenters. The normalized spacial score (nSPS) is 22.9. The molecule has 166 valence electrons. The molecule has 3 aliphatic rings. The van der Waals surface area contributed by atoms with Crippen molar-refractivity contribution in [2.45, 2.75) is 51.4 Å². The average molecular weight is 435 g/mol. The molecule has 0 saturated carbocycles. The van der Waals surface area contributed by atoms with Gasteiger partial charge in [0, 0.05) is 22.9 Å². The summed E-state index contributed by atoms with van der Waals surface area (Å²) in [7, 11) is 0. The quantitative estimate of drug-likeness (QED) is 0.481. The van der Waals surface area contributed by atoms with Gasteiger partial charge in [0.15, 0.2) is 0 Å². The van der Waals surface area contributed by atoms with Gasteiger partial charge in [0.2, 0.25) is 5.88 Å². The lowest BCUT2D eigenvalue weighted by atomic mass is 9.71. The Bertz CT molecular complexity index is 1260. The predicted molar refractivity (Wildman–Crippen MR) is 134 cm³/mol. The van der Waals surface area contributed by atoms with Crippen LogP contribution in [0.25, 0.3) is 6.08 Å². The van der Waals surface area contributed by atoms with Crippen LogP contribution in [0.15, 0.2) is 77.6 Å². The molecule has 0 bridgehead atoms. The summed E-state index contributed by atoms with van der Waals surface area (Å²) in [6.07, 6.45) is 8.76. The summed E-state index contributed by atoms with van der Waals surface area (Å²) >= 11 is 0. The average Bonchev–Trinajstić information content (AvgIpc) is 2.86. The molecule has 6 rings (SSSR count). The van der Waals surface area contributed by atoms with E-state index in [-0.39, 0.29) is 5.92 Å². The summed E-state index contributed by atoms with van der Waals surface area (Å²) in [4.78, 5) is 5.08. The van der Waals surface area contributed by atoms with E-state index in [1.807, 2.05) is 0 Å². The van der Waals surface area contributed by atoms with Crippen LogP contribution >= 0.6 is 0 Å². The van der Waals surface area contributed by atoms with Gasteiger partial charge in [0.05, 0.1) is 0 Å². The number of nitrogens with zero attached hydrogens (tertiary/aromatic N) is 1. The lowest BCUT2D eigenvalue weighted by Gasteiger charge is -2.39. The van der Waals surface area contributed by atoms with E-state index in [1.54, 1.807) is 0 Å². The molecular formula is C30H30N2O. The summed E-state index contributed by atoms with van der Waals surface area (Å²) in [6, 6.07) is 21.3. The van der Waals surface area contributed by atoms with E-state index in [9.17, 15) is 0 Å². The van der Waals surface area contributed by atoms with Crippen molar-refractivity contribution in [1.82, 2.24) is 4.98 Å². The number of aryl methyl sites for hydroxylation is 1. The third-order valence-electron chi connectivity index (χ3n) is 7.52. The van der Waals surface area contributed by atoms with Crippen LogP contribution in [0.2, 0.25) is 0 Å². The van der Waals surface area contributed by atoms with Gasteiger partial charge in [-0.25, -0.2) is 4.98 Å². The molecule has 3 nitrogen and oxygen atoms in total. The Balaban J connectivity index is 1.59. The Labute approximate surface area is 196 Å². The van der Waals surface area contributed by atoms with Crippen molar-refractivity contribution in [3.8, 4) is 5.88 Å². The van der Waals surface area contributed by atoms with Gasteiger partial charge in [-0.05, 0) is 78.4 Å². The Hall–Kier alpha value is -3.33. The first kappa shape index (κ1) is 20.3. The van der Waals surface area contributed by atoms with Crippen molar-refractivity contribution in [3.63, 3.8) is 0 Å². The van der Waals surface area contributed by atoms with Crippen LogP contribution in [0.4, 0.5) is 5.69 Å². The van der Waals surface area contributed by atoms with Gasteiger partial charge in [0.1, 0.15) is 5.76 Å². The van der Waals surface area contributed by atoms with Gasteiger partial charge in [0.25, 0.3) is 0 Å². The lowest BCUT2D eigenvalue weighted by molar-refractivity contribution is 0.350. The van der Waals surface area contributed by atoms with E-state index in [0.29, 0.717) is 11.8 Å². The zero-order valence-electron chi connectivity index (χ0n) is 19.2. The summed E-state index contributed by atoms with van der Waals surface area (Å²) in [5.41, 5.74) is 16.4. The third kappa shape index (κ3) is 3.47. The summed E-state index contributed by atoms with van der Waals surface area (Å²) in [5, 5.41) is 0. The van der Waals surface area contributed by atoms with Crippen LogP contribution in [0, 0.1) is 5.92 Å². The number of allylic oxidation sites excluding steroid dienone is 2. The number of aromatic nitrogens is 1. The van der Waals surface area contributed by atoms with Crippen molar-refractivity contribution >= 4 is 11.8 Å². The number of nitrogens with two attached hydrogens (primary N) is 1. The van der Waals surface area contributed by atoms with Crippen LogP contribution < -0.4 is 10.5 Å². The Morgan fingerprint density at radius 1 is 0.939 bits per heavy atom. The van der Waals surface area contributed by atoms with Crippen molar-refractivity contribution in [2.24, 2.45) is 5.92 Å². The summed E-state index contributed by atoms with van der Waals surface area (Å²) < 4.78 is 6.71. The van der Waals surface area contributed by atoms with Crippen molar-refractivity contribution in [1.29, 1.82) is 0 Å². The van der Waals surface area contributed by atoms with Gasteiger partial charge < -0.3 is 10.5 Å². The standard InChI is InChI=1S/C30H30N2O/c1-19-16-17-22(18-20-10-4-2-5-11-20)29-25(19)26(21-12-6-3-7-13-21)27-28(31)23-14-8-9-15-24(23)32-30(27)33-29/h2-7,10-13,18-19,26H,8-9,14-17H2,1H3,(H2,31,32)/b22-18+. The monoisotopic (exact) mass is 434 g/mol. The predicted octanol–water partition coefficient (Wildman–Crippen LogP) is 6.83. The van der Waals surface area contributed by atoms with Gasteiger partial charge in [-0.2, -0.15) is 0 Å². The molecule has 1 aromatic heterocycles. The highest BCUT2D eigenvalue weighted by atomic mass is 16.5. The molecule has 33 heavy (non-hydrogen) atoms. The maximum atomic E-state index is 6.92. The Morgan fingerprint density at radius 2 is 1.67 bits per heavy atom. The molecule has 0 fully saturated rings. The van der Waals surface area contributed by atoms with Crippen LogP contribution in [-0.2, 0) is 12.8 Å². The molecule has 0 saturated heterocycles. The molecule has 2 aliphatic carbocycles. The molecule has 3 aromatic rings. The number of hydrogen-bond acceptors (Lipinski definition) is 3. The Morgan fingerprint density at radius 3 is 2.45 bits per heavy atom. The molecule has 2 unspecified atom stereocenters. The molecule has 0 amide bonds. The number of anilines is 1. The molecule has 2 N–H and O–H groups in total. The van der Waals surface area contributed by atoms with E-state index in [1.165, 1.54) is 40.7 Å². The lowest BCUT2D eigenvalue weighted by Crippen LogP contribution is -2.28. The maximum Gasteiger partial charge on any atom is 0.225 e. The van der Waals surface area contributed by atoms with Crippen LogP contribution in [0.3, 0.4) is 0 Å². The topological polar surface area (TPSA) is 48.1 Å². The zero-order valence-corrected chi connectivity index (χ0v) is 19.2. The maximum absolute atomic E-state index is 6.92. The summed E-state index contributed by atoms with van der Waals surface area (Å²) in [5.74, 6) is 2.23. The fourth-order valence-electron chi connectivity index (χ4n) is 5.84. The number of fused-ring (bicyclic) bond motifs is 2. The first-order valence-corrected chi connectivity index (χ1v) is 12.2. The Kier molecular flexibility index (Phi) is 5.05. The minimum atomic E-state index is 0.0825. The number of benzene rings is 2. The minimum absolute atomic E-state index is 0.0825. The van der Waals surface area contributed by atoms with E-state index in [2.05, 4.69) is 73.7 Å². The molecule has 2 aromatic carbocycles. The van der Waals surface area contributed by atoms with Crippen LogP contribution in [0.5, 0.6) is 5.88 Å². The van der Waals surface area contributed by atoms with E-state index < -0.39 is 0 Å². The summed E-state index contributed by atoms with van der Waals surface area (Å²) in [6.45, 7) is 2.33. The second-order valence-electron chi connectivity index (χ2n) is 9.63. The molecule has 3 heteroatoms. The highest BCUT2D eigenvalue weighted by Crippen LogP contribution is 2.53. The second-order valence-corrected chi connectivity index (χ2v) is 9.63. The van der Waals surface area contributed by atoms with Crippen molar-refractivity contribution < 1.29 is 4.74 Å². The van der Waals surface area contributed by atoms with Crippen LogP contribution in [-0.4, -0.2) is 4.98 Å². The van der Waals surface area contributed by atoms with Crippen molar-refractivity contribution in [2.75, 3.05) is 5.73 Å². The largest absolute Gasteiger partial charge is 0.438 e. The van der Waals surface area contributed by atoms with Gasteiger partial charge in [-0.15, -0.1) is 0 Å². The SMILES string of the molecule is CC1CC/C(=C\c2ccccc2)C2=C1C(c1ccccc1)c1c(nc3c(c1N)CCCC3)O2.